The molecule has 1 aromatic rings. The number of likely N-dealkylation sites (tertiary alicyclic amines) is 1. The fraction of sp³-hybridized carbons (Fsp3) is 0.462. The van der Waals surface area contributed by atoms with E-state index in [1.54, 1.807) is 11.9 Å². The highest BCUT2D eigenvalue weighted by Gasteiger charge is 2.29. The zero-order valence-corrected chi connectivity index (χ0v) is 10.8. The molecular weight excluding hydrogens is 246 g/mol. The van der Waals surface area contributed by atoms with Crippen LogP contribution in [0.25, 0.3) is 0 Å². The second kappa shape index (κ2) is 5.69. The Balaban J connectivity index is 2.14. The van der Waals surface area contributed by atoms with Crippen LogP contribution in [-0.2, 0) is 4.79 Å². The van der Waals surface area contributed by atoms with E-state index in [1.807, 2.05) is 0 Å². The van der Waals surface area contributed by atoms with Crippen LogP contribution < -0.4 is 10.7 Å². The van der Waals surface area contributed by atoms with Gasteiger partial charge in [0.25, 0.3) is 5.91 Å². The fourth-order valence-electron chi connectivity index (χ4n) is 2.33. The van der Waals surface area contributed by atoms with Gasteiger partial charge in [-0.05, 0) is 12.8 Å². The van der Waals surface area contributed by atoms with Crippen molar-refractivity contribution in [2.75, 3.05) is 20.1 Å². The zero-order valence-electron chi connectivity index (χ0n) is 10.8. The number of nitrogens with zero attached hydrogens (tertiary/aromatic N) is 1. The average molecular weight is 263 g/mol. The van der Waals surface area contributed by atoms with E-state index in [0.29, 0.717) is 13.1 Å². The normalized spacial score (nSPS) is 19.0. The lowest BCUT2D eigenvalue weighted by Gasteiger charge is -2.31. The number of carbonyl (C=O) groups excluding carboxylic acids is 2. The summed E-state index contributed by atoms with van der Waals surface area (Å²) in [6.45, 7) is 0.952. The van der Waals surface area contributed by atoms with Gasteiger partial charge in [-0.2, -0.15) is 0 Å². The summed E-state index contributed by atoms with van der Waals surface area (Å²) in [4.78, 5) is 39.8. The maximum atomic E-state index is 12.3. The Morgan fingerprint density at radius 1 is 1.47 bits per heavy atom. The molecule has 1 aliphatic rings. The maximum absolute atomic E-state index is 12.3. The predicted molar refractivity (Wildman–Crippen MR) is 69.8 cm³/mol. The van der Waals surface area contributed by atoms with E-state index in [-0.39, 0.29) is 28.7 Å². The van der Waals surface area contributed by atoms with Crippen molar-refractivity contribution in [3.8, 4) is 0 Å². The van der Waals surface area contributed by atoms with Crippen molar-refractivity contribution in [1.29, 1.82) is 0 Å². The van der Waals surface area contributed by atoms with Crippen molar-refractivity contribution in [3.63, 3.8) is 0 Å². The minimum absolute atomic E-state index is 0.0560. The number of nitrogens with one attached hydrogen (secondary N) is 2. The number of hydrogen-bond donors (Lipinski definition) is 2. The number of aromatic nitrogens is 1. The monoisotopic (exact) mass is 263 g/mol. The van der Waals surface area contributed by atoms with Gasteiger partial charge in [0.15, 0.2) is 5.43 Å². The maximum Gasteiger partial charge on any atom is 0.259 e. The van der Waals surface area contributed by atoms with Gasteiger partial charge in [0.05, 0.1) is 5.92 Å². The van der Waals surface area contributed by atoms with Gasteiger partial charge in [-0.25, -0.2) is 0 Å². The van der Waals surface area contributed by atoms with E-state index in [2.05, 4.69) is 10.3 Å². The Bertz CT molecular complexity index is 538. The van der Waals surface area contributed by atoms with E-state index < -0.39 is 0 Å². The lowest BCUT2D eigenvalue weighted by atomic mass is 9.96. The van der Waals surface area contributed by atoms with Gasteiger partial charge in [0, 0.05) is 38.6 Å². The molecule has 19 heavy (non-hydrogen) atoms. The molecule has 1 aliphatic heterocycles. The molecule has 2 N–H and O–H groups in total. The molecular formula is C13H17N3O3. The molecule has 1 fully saturated rings. The molecule has 1 saturated heterocycles. The van der Waals surface area contributed by atoms with Crippen LogP contribution in [0.5, 0.6) is 0 Å². The molecule has 0 saturated carbocycles. The summed E-state index contributed by atoms with van der Waals surface area (Å²) >= 11 is 0. The van der Waals surface area contributed by atoms with Crippen molar-refractivity contribution in [2.45, 2.75) is 12.8 Å². The molecule has 2 heterocycles. The van der Waals surface area contributed by atoms with Gasteiger partial charge in [-0.1, -0.05) is 0 Å². The first-order chi connectivity index (χ1) is 9.13. The molecule has 1 aromatic heterocycles. The first-order valence-electron chi connectivity index (χ1n) is 6.31. The first kappa shape index (κ1) is 13.3. The first-order valence-corrected chi connectivity index (χ1v) is 6.31. The van der Waals surface area contributed by atoms with Crippen molar-refractivity contribution < 1.29 is 9.59 Å². The highest BCUT2D eigenvalue weighted by atomic mass is 16.2. The third kappa shape index (κ3) is 2.83. The molecule has 1 unspecified atom stereocenters. The lowest BCUT2D eigenvalue weighted by molar-refractivity contribution is -0.125. The second-order valence-corrected chi connectivity index (χ2v) is 4.63. The SMILES string of the molecule is CNC(=O)C1CCCN(C(=O)c2c[nH]ccc2=O)C1. The van der Waals surface area contributed by atoms with E-state index >= 15 is 0 Å². The quantitative estimate of drug-likeness (QED) is 0.786. The van der Waals surface area contributed by atoms with Crippen LogP contribution in [0.2, 0.25) is 0 Å². The number of piperidine rings is 1. The molecule has 0 aromatic carbocycles. The third-order valence-corrected chi connectivity index (χ3v) is 3.38. The Labute approximate surface area is 110 Å². The number of H-pyrrole nitrogens is 1. The molecule has 6 nitrogen and oxygen atoms in total. The highest BCUT2D eigenvalue weighted by Crippen LogP contribution is 2.17. The summed E-state index contributed by atoms with van der Waals surface area (Å²) < 4.78 is 0. The van der Waals surface area contributed by atoms with Crippen molar-refractivity contribution in [1.82, 2.24) is 15.2 Å². The van der Waals surface area contributed by atoms with E-state index in [1.165, 1.54) is 18.5 Å². The van der Waals surface area contributed by atoms with Gasteiger partial charge in [-0.3, -0.25) is 14.4 Å². The van der Waals surface area contributed by atoms with Gasteiger partial charge >= 0.3 is 0 Å². The molecule has 0 bridgehead atoms. The predicted octanol–water partition coefficient (Wildman–Crippen LogP) is -0.0269. The summed E-state index contributed by atoms with van der Waals surface area (Å²) in [5, 5.41) is 2.60. The molecule has 0 radical (unpaired) electrons. The second-order valence-electron chi connectivity index (χ2n) is 4.63. The summed E-state index contributed by atoms with van der Waals surface area (Å²) in [7, 11) is 1.59. The molecule has 1 atom stereocenters. The van der Waals surface area contributed by atoms with E-state index in [4.69, 9.17) is 0 Å². The van der Waals surface area contributed by atoms with E-state index in [0.717, 1.165) is 12.8 Å². The Kier molecular flexibility index (Phi) is 3.99. The van der Waals surface area contributed by atoms with Crippen LogP contribution in [0.3, 0.4) is 0 Å². The molecule has 2 rings (SSSR count). The Hall–Kier alpha value is -2.11. The molecule has 0 spiro atoms. The molecule has 0 aliphatic carbocycles. The summed E-state index contributed by atoms with van der Waals surface area (Å²) in [5.74, 6) is -0.555. The number of pyridine rings is 1. The number of hydrogen-bond acceptors (Lipinski definition) is 3. The van der Waals surface area contributed by atoms with Crippen LogP contribution in [0, 0.1) is 5.92 Å². The summed E-state index contributed by atoms with van der Waals surface area (Å²) in [5.41, 5.74) is -0.175. The summed E-state index contributed by atoms with van der Waals surface area (Å²) in [6.07, 6.45) is 4.44. The van der Waals surface area contributed by atoms with Crippen LogP contribution >= 0.6 is 0 Å². The lowest BCUT2D eigenvalue weighted by Crippen LogP contribution is -2.45. The van der Waals surface area contributed by atoms with Crippen LogP contribution in [-0.4, -0.2) is 41.8 Å². The molecule has 102 valence electrons. The van der Waals surface area contributed by atoms with Gasteiger partial charge < -0.3 is 15.2 Å². The smallest absolute Gasteiger partial charge is 0.259 e. The van der Waals surface area contributed by atoms with Gasteiger partial charge in [0.1, 0.15) is 5.56 Å². The van der Waals surface area contributed by atoms with E-state index in [9.17, 15) is 14.4 Å². The minimum Gasteiger partial charge on any atom is -0.367 e. The molecule has 6 heteroatoms. The number of amides is 2. The largest absolute Gasteiger partial charge is 0.367 e. The highest BCUT2D eigenvalue weighted by molar-refractivity contribution is 5.94. The molecule has 2 amide bonds. The summed E-state index contributed by atoms with van der Waals surface area (Å²) in [6, 6.07) is 1.33. The zero-order chi connectivity index (χ0) is 13.8. The topological polar surface area (TPSA) is 82.3 Å². The number of aromatic amines is 1. The van der Waals surface area contributed by atoms with Crippen molar-refractivity contribution >= 4 is 11.8 Å². The number of rotatable bonds is 2. The standard InChI is InChI=1S/C13H17N3O3/c1-14-12(18)9-3-2-6-16(8-9)13(19)10-7-15-5-4-11(10)17/h4-5,7,9H,2-3,6,8H2,1H3,(H,14,18)(H,15,17). The average Bonchev–Trinajstić information content (AvgIpc) is 2.46. The van der Waals surface area contributed by atoms with Crippen LogP contribution in [0.1, 0.15) is 23.2 Å². The van der Waals surface area contributed by atoms with Crippen molar-refractivity contribution in [3.05, 3.63) is 34.2 Å². The van der Waals surface area contributed by atoms with Crippen LogP contribution in [0.15, 0.2) is 23.3 Å². The van der Waals surface area contributed by atoms with Gasteiger partial charge in [-0.15, -0.1) is 0 Å². The van der Waals surface area contributed by atoms with Gasteiger partial charge in [0.2, 0.25) is 5.91 Å². The Morgan fingerprint density at radius 2 is 2.26 bits per heavy atom. The number of carbonyl (C=O) groups is 2. The fourth-order valence-corrected chi connectivity index (χ4v) is 2.33. The van der Waals surface area contributed by atoms with Crippen molar-refractivity contribution in [2.24, 2.45) is 5.92 Å². The third-order valence-electron chi connectivity index (χ3n) is 3.38. The minimum atomic E-state index is -0.310. The Morgan fingerprint density at radius 3 is 2.95 bits per heavy atom. The van der Waals surface area contributed by atoms with Crippen LogP contribution in [0.4, 0.5) is 0 Å².